The first-order valence-corrected chi connectivity index (χ1v) is 7.14. The van der Waals surface area contributed by atoms with Gasteiger partial charge in [-0.15, -0.1) is 0 Å². The third-order valence-corrected chi connectivity index (χ3v) is 3.36. The molecule has 0 bridgehead atoms. The van der Waals surface area contributed by atoms with Gasteiger partial charge in [0.2, 0.25) is 0 Å². The summed E-state index contributed by atoms with van der Waals surface area (Å²) in [5, 5.41) is 4.10. The summed E-state index contributed by atoms with van der Waals surface area (Å²) in [7, 11) is 0. The highest BCUT2D eigenvalue weighted by Gasteiger charge is 2.07. The highest BCUT2D eigenvalue weighted by Crippen LogP contribution is 2.17. The molecule has 108 valence electrons. The Morgan fingerprint density at radius 3 is 2.70 bits per heavy atom. The molecule has 1 aromatic heterocycles. The Kier molecular flexibility index (Phi) is 5.65. The lowest BCUT2D eigenvalue weighted by molar-refractivity contribution is 0.0921. The van der Waals surface area contributed by atoms with Gasteiger partial charge in [-0.3, -0.25) is 0 Å². The fourth-order valence-electron chi connectivity index (χ4n) is 1.83. The molecule has 1 heterocycles. The Morgan fingerprint density at radius 1 is 1.15 bits per heavy atom. The molecule has 0 aliphatic heterocycles. The van der Waals surface area contributed by atoms with Crippen LogP contribution in [0.15, 0.2) is 41.0 Å². The van der Waals surface area contributed by atoms with Crippen molar-refractivity contribution in [3.63, 3.8) is 0 Å². The molecule has 4 heteroatoms. The molecular weight excluding hydrogens is 274 g/mol. The highest BCUT2D eigenvalue weighted by atomic mass is 35.5. The van der Waals surface area contributed by atoms with Gasteiger partial charge in [0, 0.05) is 23.2 Å². The maximum Gasteiger partial charge on any atom is 0.133 e. The van der Waals surface area contributed by atoms with Crippen LogP contribution in [-0.2, 0) is 24.5 Å². The van der Waals surface area contributed by atoms with E-state index in [-0.39, 0.29) is 0 Å². The number of rotatable bonds is 7. The second-order valence-electron chi connectivity index (χ2n) is 4.99. The van der Waals surface area contributed by atoms with E-state index in [1.54, 1.807) is 6.26 Å². The quantitative estimate of drug-likeness (QED) is 0.833. The van der Waals surface area contributed by atoms with Crippen LogP contribution in [0.25, 0.3) is 0 Å². The van der Waals surface area contributed by atoms with E-state index in [9.17, 15) is 0 Å². The standard InChI is InChI=1S/C16H20ClNO2/c1-12(2)18-9-13-7-8-20-16(13)11-19-10-14-5-3-4-6-15(14)17/h3-8,12,18H,9-11H2,1-2H3. The van der Waals surface area contributed by atoms with E-state index in [1.165, 1.54) is 0 Å². The van der Waals surface area contributed by atoms with Crippen LogP contribution in [0.1, 0.15) is 30.7 Å². The molecule has 3 nitrogen and oxygen atoms in total. The fraction of sp³-hybridized carbons (Fsp3) is 0.375. The zero-order valence-electron chi connectivity index (χ0n) is 11.9. The predicted octanol–water partition coefficient (Wildman–Crippen LogP) is 4.15. The first kappa shape index (κ1) is 15.1. The molecule has 1 aromatic carbocycles. The van der Waals surface area contributed by atoms with Gasteiger partial charge in [-0.1, -0.05) is 43.6 Å². The van der Waals surface area contributed by atoms with Gasteiger partial charge in [-0.05, 0) is 17.7 Å². The second-order valence-corrected chi connectivity index (χ2v) is 5.40. The lowest BCUT2D eigenvalue weighted by atomic mass is 10.2. The molecule has 2 aromatic rings. The van der Waals surface area contributed by atoms with Gasteiger partial charge in [0.1, 0.15) is 12.4 Å². The Morgan fingerprint density at radius 2 is 1.95 bits per heavy atom. The minimum atomic E-state index is 0.446. The minimum absolute atomic E-state index is 0.446. The molecule has 0 amide bonds. The number of ether oxygens (including phenoxy) is 1. The lowest BCUT2D eigenvalue weighted by Crippen LogP contribution is -2.22. The molecule has 0 aliphatic carbocycles. The molecule has 2 rings (SSSR count). The topological polar surface area (TPSA) is 34.4 Å². The summed E-state index contributed by atoms with van der Waals surface area (Å²) in [6.07, 6.45) is 1.70. The Balaban J connectivity index is 1.85. The van der Waals surface area contributed by atoms with Crippen LogP contribution in [0.2, 0.25) is 5.02 Å². The molecule has 20 heavy (non-hydrogen) atoms. The maximum absolute atomic E-state index is 6.09. The van der Waals surface area contributed by atoms with Crippen LogP contribution in [0.3, 0.4) is 0 Å². The van der Waals surface area contributed by atoms with Gasteiger partial charge in [-0.25, -0.2) is 0 Å². The monoisotopic (exact) mass is 293 g/mol. The van der Waals surface area contributed by atoms with Gasteiger partial charge in [0.05, 0.1) is 12.9 Å². The molecule has 0 aliphatic rings. The van der Waals surface area contributed by atoms with E-state index in [0.717, 1.165) is 28.5 Å². The largest absolute Gasteiger partial charge is 0.467 e. The van der Waals surface area contributed by atoms with Crippen molar-refractivity contribution in [1.82, 2.24) is 5.32 Å². The summed E-state index contributed by atoms with van der Waals surface area (Å²) >= 11 is 6.09. The van der Waals surface area contributed by atoms with Crippen molar-refractivity contribution in [2.24, 2.45) is 0 Å². The van der Waals surface area contributed by atoms with Crippen molar-refractivity contribution in [2.75, 3.05) is 0 Å². The summed E-state index contributed by atoms with van der Waals surface area (Å²) in [5.41, 5.74) is 2.13. The van der Waals surface area contributed by atoms with Gasteiger partial charge >= 0.3 is 0 Å². The smallest absolute Gasteiger partial charge is 0.133 e. The molecule has 0 saturated heterocycles. The van der Waals surface area contributed by atoms with E-state index in [2.05, 4.69) is 19.2 Å². The number of furan rings is 1. The maximum atomic E-state index is 6.09. The Hall–Kier alpha value is -1.29. The third-order valence-electron chi connectivity index (χ3n) is 2.99. The summed E-state index contributed by atoms with van der Waals surface area (Å²) in [6, 6.07) is 10.1. The van der Waals surface area contributed by atoms with Crippen molar-refractivity contribution >= 4 is 11.6 Å². The van der Waals surface area contributed by atoms with Crippen LogP contribution in [-0.4, -0.2) is 6.04 Å². The first-order valence-electron chi connectivity index (χ1n) is 6.76. The van der Waals surface area contributed by atoms with Crippen molar-refractivity contribution in [3.8, 4) is 0 Å². The SMILES string of the molecule is CC(C)NCc1ccoc1COCc1ccccc1Cl. The zero-order valence-corrected chi connectivity index (χ0v) is 12.6. The predicted molar refractivity (Wildman–Crippen MR) is 80.6 cm³/mol. The van der Waals surface area contributed by atoms with Gasteiger partial charge < -0.3 is 14.5 Å². The van der Waals surface area contributed by atoms with Crippen LogP contribution >= 0.6 is 11.6 Å². The van der Waals surface area contributed by atoms with Gasteiger partial charge in [-0.2, -0.15) is 0 Å². The molecule has 1 N–H and O–H groups in total. The normalized spacial score (nSPS) is 11.2. The summed E-state index contributed by atoms with van der Waals surface area (Å²) < 4.78 is 11.2. The van der Waals surface area contributed by atoms with E-state index in [1.807, 2.05) is 30.3 Å². The van der Waals surface area contributed by atoms with Crippen molar-refractivity contribution in [2.45, 2.75) is 39.6 Å². The molecule has 0 atom stereocenters. The average Bonchev–Trinajstić information content (AvgIpc) is 2.86. The van der Waals surface area contributed by atoms with E-state index in [0.29, 0.717) is 19.3 Å². The van der Waals surface area contributed by atoms with E-state index < -0.39 is 0 Å². The van der Waals surface area contributed by atoms with E-state index in [4.69, 9.17) is 20.8 Å². The Bertz CT molecular complexity index is 537. The van der Waals surface area contributed by atoms with Gasteiger partial charge in [0.25, 0.3) is 0 Å². The van der Waals surface area contributed by atoms with Crippen LogP contribution in [0, 0.1) is 0 Å². The summed E-state index contributed by atoms with van der Waals surface area (Å²) in [5.74, 6) is 0.866. The number of hydrogen-bond acceptors (Lipinski definition) is 3. The number of hydrogen-bond donors (Lipinski definition) is 1. The molecule has 0 radical (unpaired) electrons. The van der Waals surface area contributed by atoms with Gasteiger partial charge in [0.15, 0.2) is 0 Å². The highest BCUT2D eigenvalue weighted by molar-refractivity contribution is 6.31. The average molecular weight is 294 g/mol. The van der Waals surface area contributed by atoms with Crippen LogP contribution in [0.4, 0.5) is 0 Å². The zero-order chi connectivity index (χ0) is 14.4. The molecule has 0 fully saturated rings. The summed E-state index contributed by atoms with van der Waals surface area (Å²) in [6.45, 7) is 5.96. The van der Waals surface area contributed by atoms with Crippen molar-refractivity contribution in [3.05, 3.63) is 58.5 Å². The first-order chi connectivity index (χ1) is 9.66. The van der Waals surface area contributed by atoms with Crippen molar-refractivity contribution in [1.29, 1.82) is 0 Å². The Labute approximate surface area is 124 Å². The molecule has 0 spiro atoms. The number of benzene rings is 1. The fourth-order valence-corrected chi connectivity index (χ4v) is 2.02. The van der Waals surface area contributed by atoms with Crippen LogP contribution < -0.4 is 5.32 Å². The molecular formula is C16H20ClNO2. The summed E-state index contributed by atoms with van der Waals surface area (Å²) in [4.78, 5) is 0. The number of nitrogens with one attached hydrogen (secondary N) is 1. The number of halogens is 1. The van der Waals surface area contributed by atoms with Crippen molar-refractivity contribution < 1.29 is 9.15 Å². The minimum Gasteiger partial charge on any atom is -0.467 e. The lowest BCUT2D eigenvalue weighted by Gasteiger charge is -2.09. The van der Waals surface area contributed by atoms with Crippen LogP contribution in [0.5, 0.6) is 0 Å². The second kappa shape index (κ2) is 7.48. The molecule has 0 saturated carbocycles. The third kappa shape index (κ3) is 4.37. The molecule has 0 unspecified atom stereocenters. The van der Waals surface area contributed by atoms with E-state index >= 15 is 0 Å².